The average molecular weight is 1230 g/mol. The molecule has 4 saturated carbocycles. The molecular weight excluding hydrogens is 1130 g/mol. The second-order valence-electron chi connectivity index (χ2n) is 26.8. The number of hydrogen-bond acceptors (Lipinski definition) is 28. The molecule has 10 fully saturated rings. The van der Waals surface area contributed by atoms with Crippen molar-refractivity contribution in [3.05, 3.63) is 0 Å². The van der Waals surface area contributed by atoms with E-state index in [4.69, 9.17) is 56.8 Å². The fourth-order valence-corrected chi connectivity index (χ4v) is 17.2. The molecule has 0 spiro atoms. The summed E-state index contributed by atoms with van der Waals surface area (Å²) in [7, 11) is 1.71. The lowest BCUT2D eigenvalue weighted by atomic mass is 9.44. The maximum Gasteiger partial charge on any atom is 0.187 e. The lowest BCUT2D eigenvalue weighted by molar-refractivity contribution is -0.404. The van der Waals surface area contributed by atoms with Crippen molar-refractivity contribution in [3.8, 4) is 0 Å². The number of ether oxygens (including phenoxy) is 12. The molecule has 0 aromatic rings. The van der Waals surface area contributed by atoms with E-state index in [1.54, 1.807) is 7.11 Å². The van der Waals surface area contributed by atoms with Crippen molar-refractivity contribution >= 4 is 0 Å². The third kappa shape index (κ3) is 12.3. The third-order valence-corrected chi connectivity index (χ3v) is 22.1. The van der Waals surface area contributed by atoms with E-state index in [1.807, 2.05) is 6.92 Å². The van der Waals surface area contributed by atoms with Crippen molar-refractivity contribution in [2.24, 2.45) is 52.3 Å². The molecule has 36 atom stereocenters. The van der Waals surface area contributed by atoms with Crippen LogP contribution in [-0.2, 0) is 56.8 Å². The number of aliphatic hydroxyl groups is 16. The van der Waals surface area contributed by atoms with E-state index >= 15 is 0 Å². The van der Waals surface area contributed by atoms with Crippen LogP contribution in [0, 0.1) is 52.3 Å². The number of rotatable bonds is 19. The highest BCUT2D eigenvalue weighted by Gasteiger charge is 2.69. The number of methoxy groups -OCH3 is 1. The van der Waals surface area contributed by atoms with Crippen LogP contribution in [0.2, 0.25) is 0 Å². The SMILES string of the molecule is CO[C@]1(CC[C@@H](C)COC2OC(CO)C(O)C(O)C2O)OC2C[C@H]3[C@@H]4CC[C@H]5C[C@@H](OC6OC(CO)C(OC7OC(CO)C(O)C(OC8OCC(O)C(O)C8O)C7OC7OC(CO)C(O)C(O)C7O)C(O)C6O)CC[C@]5(C)[C@H]4CC[C@]3(C)C2[C@@H]1C. The lowest BCUT2D eigenvalue weighted by Crippen LogP contribution is -2.68. The summed E-state index contributed by atoms with van der Waals surface area (Å²) < 4.78 is 72.8. The number of fused-ring (bicyclic) bond motifs is 7. The average Bonchev–Trinajstić information content (AvgIpc) is 1.60. The molecule has 0 radical (unpaired) electrons. The highest BCUT2D eigenvalue weighted by molar-refractivity contribution is 5.15. The van der Waals surface area contributed by atoms with Crippen LogP contribution in [0.4, 0.5) is 0 Å². The number of aliphatic hydroxyl groups excluding tert-OH is 16. The van der Waals surface area contributed by atoms with Gasteiger partial charge < -0.3 is 139 Å². The monoisotopic (exact) mass is 1230 g/mol. The van der Waals surface area contributed by atoms with E-state index in [9.17, 15) is 81.7 Å². The topological polar surface area (TPSA) is 434 Å². The molecule has 0 amide bonds. The van der Waals surface area contributed by atoms with Gasteiger partial charge in [0.15, 0.2) is 37.2 Å². The Hall–Kier alpha value is -1.12. The predicted molar refractivity (Wildman–Crippen MR) is 283 cm³/mol. The highest BCUT2D eigenvalue weighted by Crippen LogP contribution is 2.71. The van der Waals surface area contributed by atoms with Gasteiger partial charge in [-0.1, -0.05) is 27.7 Å². The quantitative estimate of drug-likeness (QED) is 0.0540. The Balaban J connectivity index is 0.764. The zero-order chi connectivity index (χ0) is 61.4. The zero-order valence-corrected chi connectivity index (χ0v) is 48.9. The molecule has 0 aromatic carbocycles. The van der Waals surface area contributed by atoms with Gasteiger partial charge in [0.2, 0.25) is 0 Å². The Morgan fingerprint density at radius 2 is 1.07 bits per heavy atom. The van der Waals surface area contributed by atoms with Crippen LogP contribution in [0.25, 0.3) is 0 Å². The second-order valence-corrected chi connectivity index (χ2v) is 26.8. The fourth-order valence-electron chi connectivity index (χ4n) is 17.2. The number of hydrogen-bond donors (Lipinski definition) is 16. The summed E-state index contributed by atoms with van der Waals surface area (Å²) in [6.07, 6.45) is -32.1. The summed E-state index contributed by atoms with van der Waals surface area (Å²) in [5.74, 6) is 1.23. The summed E-state index contributed by atoms with van der Waals surface area (Å²) >= 11 is 0. The molecule has 85 heavy (non-hydrogen) atoms. The third-order valence-electron chi connectivity index (χ3n) is 22.1. The summed E-state index contributed by atoms with van der Waals surface area (Å²) in [4.78, 5) is 0. The summed E-state index contributed by atoms with van der Waals surface area (Å²) in [6, 6.07) is 0. The predicted octanol–water partition coefficient (Wildman–Crippen LogP) is -4.84. The standard InChI is InChI=1S/C57H96O28/c1-22(20-75-50-44(71)40(67)37(64)31(16-58)78-50)8-13-57(74-5)23(2)35-30(85-57)15-28-26-7-6-24-14-25(9-11-55(24,3)27(26)10-12-56(28,35)4)77-52-46(73)42(69)47(34(19-61)81-52)82-54-49(84-53-45(72)41(68)38(65)32(17-59)79-53)48(39(66)33(18-60)80-54)83-51-43(70)36(63)29(62)21-76-51/h22-54,58-73H,6-21H2,1-5H3/t22-,23+,24+,25+,26-,27+,28+,29?,30?,31?,32?,33?,34?,35?,36?,37?,38?,39?,40?,41?,42?,43?,44?,45?,46?,47?,48?,49?,50?,51?,52?,53?,54?,55+,56+,57-/m1/s1. The molecule has 26 unspecified atom stereocenters. The van der Waals surface area contributed by atoms with E-state index in [0.717, 1.165) is 38.5 Å². The molecule has 0 aromatic heterocycles. The van der Waals surface area contributed by atoms with Gasteiger partial charge in [0.25, 0.3) is 0 Å². The maximum absolute atomic E-state index is 11.9. The Morgan fingerprint density at radius 1 is 0.518 bits per heavy atom. The molecule has 0 bridgehead atoms. The van der Waals surface area contributed by atoms with Crippen molar-refractivity contribution in [3.63, 3.8) is 0 Å². The van der Waals surface area contributed by atoms with Gasteiger partial charge in [0.1, 0.15) is 116 Å². The van der Waals surface area contributed by atoms with Crippen LogP contribution < -0.4 is 0 Å². The molecule has 28 nitrogen and oxygen atoms in total. The molecule has 28 heteroatoms. The van der Waals surface area contributed by atoms with Crippen molar-refractivity contribution in [2.75, 3.05) is 46.8 Å². The Bertz CT molecular complexity index is 2150. The van der Waals surface area contributed by atoms with Crippen molar-refractivity contribution in [1.82, 2.24) is 0 Å². The van der Waals surface area contributed by atoms with E-state index < -0.39 is 192 Å². The van der Waals surface area contributed by atoms with Gasteiger partial charge >= 0.3 is 0 Å². The first-order chi connectivity index (χ1) is 40.4. The highest BCUT2D eigenvalue weighted by atomic mass is 16.8. The summed E-state index contributed by atoms with van der Waals surface area (Å²) in [5, 5.41) is 170. The van der Waals surface area contributed by atoms with Crippen LogP contribution in [0.5, 0.6) is 0 Å². The largest absolute Gasteiger partial charge is 0.394 e. The summed E-state index contributed by atoms with van der Waals surface area (Å²) in [6.45, 7) is 5.72. The van der Waals surface area contributed by atoms with Gasteiger partial charge in [0.05, 0.1) is 51.8 Å². The van der Waals surface area contributed by atoms with E-state index in [2.05, 4.69) is 20.8 Å². The van der Waals surface area contributed by atoms with Gasteiger partial charge in [-0.2, -0.15) is 0 Å². The zero-order valence-electron chi connectivity index (χ0n) is 48.9. The maximum atomic E-state index is 11.9. The van der Waals surface area contributed by atoms with Gasteiger partial charge in [-0.15, -0.1) is 0 Å². The molecule has 4 aliphatic carbocycles. The normalized spacial score (nSPS) is 54.9. The molecule has 6 aliphatic heterocycles. The van der Waals surface area contributed by atoms with E-state index in [0.29, 0.717) is 43.4 Å². The Labute approximate surface area is 493 Å². The Kier molecular flexibility index (Phi) is 21.1. The lowest BCUT2D eigenvalue weighted by Gasteiger charge is -2.61. The van der Waals surface area contributed by atoms with Gasteiger partial charge in [0, 0.05) is 19.4 Å². The van der Waals surface area contributed by atoms with Crippen LogP contribution in [0.3, 0.4) is 0 Å². The van der Waals surface area contributed by atoms with Crippen molar-refractivity contribution in [2.45, 2.75) is 257 Å². The first-order valence-electron chi connectivity index (χ1n) is 30.7. The van der Waals surface area contributed by atoms with Crippen LogP contribution in [0.15, 0.2) is 0 Å². The van der Waals surface area contributed by atoms with Gasteiger partial charge in [-0.05, 0) is 104 Å². The minimum Gasteiger partial charge on any atom is -0.394 e. The smallest absolute Gasteiger partial charge is 0.187 e. The van der Waals surface area contributed by atoms with E-state index in [1.165, 1.54) is 0 Å². The molecule has 10 rings (SSSR count). The molecular formula is C57H96O28. The Morgan fingerprint density at radius 3 is 1.73 bits per heavy atom. The van der Waals surface area contributed by atoms with Crippen LogP contribution >= 0.6 is 0 Å². The second kappa shape index (κ2) is 26.8. The fraction of sp³-hybridized carbons (Fsp3) is 1.00. The minimum absolute atomic E-state index is 0.00540. The van der Waals surface area contributed by atoms with Crippen molar-refractivity contribution < 1.29 is 139 Å². The van der Waals surface area contributed by atoms with Gasteiger partial charge in [-0.3, -0.25) is 0 Å². The van der Waals surface area contributed by atoms with Gasteiger partial charge in [-0.25, -0.2) is 0 Å². The molecule has 6 saturated heterocycles. The van der Waals surface area contributed by atoms with Crippen molar-refractivity contribution in [1.29, 1.82) is 0 Å². The first kappa shape index (κ1) is 66.8. The van der Waals surface area contributed by atoms with Crippen LogP contribution in [-0.4, -0.2) is 294 Å². The summed E-state index contributed by atoms with van der Waals surface area (Å²) in [5.41, 5.74) is 0.0173. The molecule has 492 valence electrons. The minimum atomic E-state index is -2.02. The van der Waals surface area contributed by atoms with E-state index in [-0.39, 0.29) is 47.2 Å². The first-order valence-corrected chi connectivity index (χ1v) is 30.7. The molecule has 16 N–H and O–H groups in total. The molecule has 6 heterocycles. The van der Waals surface area contributed by atoms with Crippen LogP contribution in [0.1, 0.15) is 91.9 Å². The molecule has 10 aliphatic rings.